The quantitative estimate of drug-likeness (QED) is 0.169. The molecule has 1 N–H and O–H groups in total. The summed E-state index contributed by atoms with van der Waals surface area (Å²) >= 11 is 7.45. The molecule has 0 aliphatic carbocycles. The molecule has 4 fully saturated rings. The van der Waals surface area contributed by atoms with Crippen molar-refractivity contribution in [2.24, 2.45) is 0 Å². The van der Waals surface area contributed by atoms with Gasteiger partial charge in [0.25, 0.3) is 0 Å². The minimum absolute atomic E-state index is 0.0356. The Morgan fingerprint density at radius 2 is 1.91 bits per heavy atom. The summed E-state index contributed by atoms with van der Waals surface area (Å²) < 4.78 is 83.8. The Bertz CT molecular complexity index is 1780. The van der Waals surface area contributed by atoms with E-state index in [0.717, 1.165) is 36.8 Å². The number of rotatable bonds is 5. The lowest BCUT2D eigenvalue weighted by Gasteiger charge is -2.40. The SMILES string of the molecule is Fc1cc2c(N3CC4(F)CCC(F)(C3)N4)nc(OC[C@@]34CCCN3C[C@H](F)C4)nc2c(F)c1-c1csc2ncnc(Cl)c12. The van der Waals surface area contributed by atoms with Crippen LogP contribution < -0.4 is 15.0 Å². The minimum Gasteiger partial charge on any atom is -0.461 e. The van der Waals surface area contributed by atoms with Gasteiger partial charge in [0.05, 0.1) is 29.6 Å². The van der Waals surface area contributed by atoms with Gasteiger partial charge in [-0.1, -0.05) is 11.6 Å². The number of hydrogen-bond acceptors (Lipinski definition) is 9. The number of thiophene rings is 1. The fourth-order valence-corrected chi connectivity index (χ4v) is 8.54. The van der Waals surface area contributed by atoms with E-state index in [2.05, 4.69) is 30.2 Å². The summed E-state index contributed by atoms with van der Waals surface area (Å²) in [6.07, 6.45) is 2.05. The number of piperazine rings is 1. The van der Waals surface area contributed by atoms with Crippen LogP contribution in [0, 0.1) is 11.6 Å². The summed E-state index contributed by atoms with van der Waals surface area (Å²) in [7, 11) is 0. The molecule has 0 amide bonds. The van der Waals surface area contributed by atoms with Crippen molar-refractivity contribution >= 4 is 49.9 Å². The summed E-state index contributed by atoms with van der Waals surface area (Å²) in [5.41, 5.74) is -1.08. The van der Waals surface area contributed by atoms with E-state index in [9.17, 15) is 4.39 Å². The van der Waals surface area contributed by atoms with Crippen molar-refractivity contribution in [3.63, 3.8) is 0 Å². The predicted molar refractivity (Wildman–Crippen MR) is 152 cm³/mol. The van der Waals surface area contributed by atoms with Crippen LogP contribution in [-0.2, 0) is 0 Å². The van der Waals surface area contributed by atoms with Gasteiger partial charge >= 0.3 is 6.01 Å². The highest BCUT2D eigenvalue weighted by Gasteiger charge is 2.55. The molecule has 8 nitrogen and oxygen atoms in total. The summed E-state index contributed by atoms with van der Waals surface area (Å²) in [5.74, 6) is -6.09. The van der Waals surface area contributed by atoms with Gasteiger partial charge in [0.15, 0.2) is 17.4 Å². The van der Waals surface area contributed by atoms with Crippen LogP contribution in [0.1, 0.15) is 32.1 Å². The number of aromatic nitrogens is 4. The Labute approximate surface area is 251 Å². The third-order valence-corrected chi connectivity index (χ3v) is 10.4. The average Bonchev–Trinajstić information content (AvgIpc) is 3.68. The van der Waals surface area contributed by atoms with Gasteiger partial charge in [0.1, 0.15) is 46.2 Å². The lowest BCUT2D eigenvalue weighted by Crippen LogP contribution is -2.62. The number of fused-ring (bicyclic) bond motifs is 5. The van der Waals surface area contributed by atoms with Crippen LogP contribution in [0.15, 0.2) is 17.8 Å². The molecular formula is C28H25ClF5N7OS. The van der Waals surface area contributed by atoms with Crippen LogP contribution in [0.4, 0.5) is 27.8 Å². The summed E-state index contributed by atoms with van der Waals surface area (Å²) in [4.78, 5) is 20.7. The van der Waals surface area contributed by atoms with Gasteiger partial charge in [0, 0.05) is 42.1 Å². The molecule has 15 heteroatoms. The molecule has 226 valence electrons. The fraction of sp³-hybridized carbons (Fsp3) is 0.500. The molecule has 4 aliphatic rings. The number of hydrogen-bond donors (Lipinski definition) is 1. The Balaban J connectivity index is 1.28. The molecule has 1 aromatic carbocycles. The van der Waals surface area contributed by atoms with E-state index in [1.165, 1.54) is 16.6 Å². The molecule has 0 radical (unpaired) electrons. The van der Waals surface area contributed by atoms with E-state index in [-0.39, 0.29) is 77.8 Å². The lowest BCUT2D eigenvalue weighted by molar-refractivity contribution is 0.0435. The van der Waals surface area contributed by atoms with Crippen LogP contribution in [0.5, 0.6) is 6.01 Å². The second kappa shape index (κ2) is 9.53. The highest BCUT2D eigenvalue weighted by Crippen LogP contribution is 2.45. The molecule has 0 spiro atoms. The second-order valence-electron chi connectivity index (χ2n) is 12.0. The van der Waals surface area contributed by atoms with Crippen molar-refractivity contribution in [1.29, 1.82) is 0 Å². The maximum absolute atomic E-state index is 16.5. The summed E-state index contributed by atoms with van der Waals surface area (Å²) in [6, 6.07) is 0.821. The topological polar surface area (TPSA) is 79.3 Å². The molecule has 43 heavy (non-hydrogen) atoms. The Morgan fingerprint density at radius 1 is 1.12 bits per heavy atom. The number of nitrogens with one attached hydrogen (secondary N) is 1. The second-order valence-corrected chi connectivity index (χ2v) is 13.3. The standard InChI is InChI=1S/C28H25ClF5N7OS/c29-22-19-16(9-43-24(19)36-13-35-22)18-17(31)6-15-21(20(18)32)37-25(42-12-26-2-1-5-41(26)8-14(30)7-26)38-23(15)40-10-27(33)3-4-28(34,11-40)39-27/h6,9,13-14,39H,1-5,7-8,10-12H2/t14-,26+,27?,28?/m1/s1. The number of ether oxygens (including phenoxy) is 1. The van der Waals surface area contributed by atoms with E-state index in [1.54, 1.807) is 0 Å². The van der Waals surface area contributed by atoms with Crippen LogP contribution in [0.2, 0.25) is 5.15 Å². The zero-order valence-electron chi connectivity index (χ0n) is 22.6. The van der Waals surface area contributed by atoms with E-state index in [0.29, 0.717) is 11.4 Å². The van der Waals surface area contributed by atoms with Crippen molar-refractivity contribution in [3.05, 3.63) is 34.6 Å². The van der Waals surface area contributed by atoms with Crippen LogP contribution >= 0.6 is 22.9 Å². The first-order valence-electron chi connectivity index (χ1n) is 14.1. The van der Waals surface area contributed by atoms with E-state index < -0.39 is 40.5 Å². The van der Waals surface area contributed by atoms with E-state index in [4.69, 9.17) is 16.3 Å². The number of benzene rings is 1. The molecular weight excluding hydrogens is 613 g/mol. The van der Waals surface area contributed by atoms with Crippen molar-refractivity contribution in [1.82, 2.24) is 30.2 Å². The van der Waals surface area contributed by atoms with Crippen LogP contribution in [0.3, 0.4) is 0 Å². The first kappa shape index (κ1) is 27.6. The maximum Gasteiger partial charge on any atom is 0.319 e. The molecule has 8 rings (SSSR count). The van der Waals surface area contributed by atoms with Crippen molar-refractivity contribution in [3.8, 4) is 17.1 Å². The largest absolute Gasteiger partial charge is 0.461 e. The van der Waals surface area contributed by atoms with Gasteiger partial charge in [-0.25, -0.2) is 37.2 Å². The highest BCUT2D eigenvalue weighted by molar-refractivity contribution is 7.17. The molecule has 2 unspecified atom stereocenters. The Morgan fingerprint density at radius 3 is 2.70 bits per heavy atom. The summed E-state index contributed by atoms with van der Waals surface area (Å²) in [6.45, 7) is 0.516. The normalized spacial score (nSPS) is 30.6. The van der Waals surface area contributed by atoms with Gasteiger partial charge in [-0.3, -0.25) is 4.90 Å². The third-order valence-electron chi connectivity index (χ3n) is 9.21. The van der Waals surface area contributed by atoms with Crippen molar-refractivity contribution in [2.45, 2.75) is 55.4 Å². The fourth-order valence-electron chi connectivity index (χ4n) is 7.35. The number of nitrogens with zero attached hydrogens (tertiary/aromatic N) is 6. The lowest BCUT2D eigenvalue weighted by atomic mass is 9.95. The Kier molecular flexibility index (Phi) is 6.12. The van der Waals surface area contributed by atoms with Gasteiger partial charge in [-0.15, -0.1) is 11.3 Å². The average molecular weight is 638 g/mol. The smallest absolute Gasteiger partial charge is 0.319 e. The first-order valence-corrected chi connectivity index (χ1v) is 15.3. The molecule has 7 heterocycles. The molecule has 4 saturated heterocycles. The number of halogens is 6. The van der Waals surface area contributed by atoms with Crippen molar-refractivity contribution < 1.29 is 26.7 Å². The monoisotopic (exact) mass is 637 g/mol. The zero-order valence-corrected chi connectivity index (χ0v) is 24.2. The summed E-state index contributed by atoms with van der Waals surface area (Å²) in [5, 5.41) is 4.20. The van der Waals surface area contributed by atoms with Gasteiger partial charge in [-0.2, -0.15) is 9.97 Å². The molecule has 4 aliphatic heterocycles. The number of anilines is 1. The predicted octanol–water partition coefficient (Wildman–Crippen LogP) is 5.72. The highest BCUT2D eigenvalue weighted by atomic mass is 35.5. The minimum atomic E-state index is -2.04. The van der Waals surface area contributed by atoms with Crippen LogP contribution in [0.25, 0.3) is 32.2 Å². The van der Waals surface area contributed by atoms with E-state index in [1.807, 2.05) is 0 Å². The Hall–Kier alpha value is -2.94. The molecule has 4 atom stereocenters. The van der Waals surface area contributed by atoms with Gasteiger partial charge in [-0.05, 0) is 25.5 Å². The zero-order chi connectivity index (χ0) is 29.7. The van der Waals surface area contributed by atoms with Crippen molar-refractivity contribution in [2.75, 3.05) is 37.7 Å². The molecule has 4 aromatic rings. The van der Waals surface area contributed by atoms with Gasteiger partial charge in [0.2, 0.25) is 0 Å². The molecule has 2 bridgehead atoms. The molecule has 0 saturated carbocycles. The van der Waals surface area contributed by atoms with E-state index >= 15 is 17.6 Å². The maximum atomic E-state index is 16.5. The van der Waals surface area contributed by atoms with Gasteiger partial charge < -0.3 is 9.64 Å². The van der Waals surface area contributed by atoms with Crippen LogP contribution in [-0.4, -0.2) is 80.9 Å². The first-order chi connectivity index (χ1) is 20.6. The molecule has 3 aromatic heterocycles. The number of alkyl halides is 3. The third kappa shape index (κ3) is 4.35.